The zero-order valence-corrected chi connectivity index (χ0v) is 9.55. The van der Waals surface area contributed by atoms with Crippen molar-refractivity contribution in [2.24, 2.45) is 5.73 Å². The first kappa shape index (κ1) is 12.2. The molecule has 1 aromatic carbocycles. The number of non-ortho nitro benzene ring substituents is 1. The van der Waals surface area contributed by atoms with Gasteiger partial charge in [-0.15, -0.1) is 0 Å². The predicted molar refractivity (Wildman–Crippen MR) is 60.5 cm³/mol. The highest BCUT2D eigenvalue weighted by Crippen LogP contribution is 2.30. The molecule has 15 heavy (non-hydrogen) atoms. The number of hydrogen-bond acceptors (Lipinski definition) is 3. The minimum atomic E-state index is -0.534. The van der Waals surface area contributed by atoms with E-state index in [1.54, 1.807) is 0 Å². The topological polar surface area (TPSA) is 69.2 Å². The molecule has 0 saturated heterocycles. The standard InChI is InChI=1S/C9H10Cl2N2O2/c1-5(12)2-7-8(10)3-6(13(14)15)4-9(7)11/h3-5H,2,12H2,1H3. The monoisotopic (exact) mass is 248 g/mol. The number of halogens is 2. The molecule has 0 aromatic heterocycles. The van der Waals surface area contributed by atoms with Crippen LogP contribution in [0.5, 0.6) is 0 Å². The fraction of sp³-hybridized carbons (Fsp3) is 0.333. The Morgan fingerprint density at radius 2 is 1.93 bits per heavy atom. The van der Waals surface area contributed by atoms with Crippen LogP contribution in [0.15, 0.2) is 12.1 Å². The van der Waals surface area contributed by atoms with Crippen molar-refractivity contribution in [2.45, 2.75) is 19.4 Å². The van der Waals surface area contributed by atoms with Crippen LogP contribution in [0.1, 0.15) is 12.5 Å². The molecule has 0 saturated carbocycles. The summed E-state index contributed by atoms with van der Waals surface area (Å²) in [6.45, 7) is 1.81. The summed E-state index contributed by atoms with van der Waals surface area (Å²) < 4.78 is 0. The summed E-state index contributed by atoms with van der Waals surface area (Å²) in [7, 11) is 0. The summed E-state index contributed by atoms with van der Waals surface area (Å²) in [5.74, 6) is 0. The van der Waals surface area contributed by atoms with E-state index in [0.717, 1.165) is 0 Å². The summed E-state index contributed by atoms with van der Waals surface area (Å²) in [6, 6.07) is 2.47. The second kappa shape index (κ2) is 4.79. The van der Waals surface area contributed by atoms with Crippen LogP contribution < -0.4 is 5.73 Å². The van der Waals surface area contributed by atoms with Gasteiger partial charge in [0.25, 0.3) is 5.69 Å². The van der Waals surface area contributed by atoms with Crippen molar-refractivity contribution in [2.75, 3.05) is 0 Å². The van der Waals surface area contributed by atoms with E-state index < -0.39 is 4.92 Å². The number of nitrogens with two attached hydrogens (primary N) is 1. The predicted octanol–water partition coefficient (Wildman–Crippen LogP) is 2.79. The van der Waals surface area contributed by atoms with Gasteiger partial charge in [0.1, 0.15) is 0 Å². The minimum absolute atomic E-state index is 0.0959. The third-order valence-electron chi connectivity index (χ3n) is 1.86. The molecule has 0 aliphatic rings. The van der Waals surface area contributed by atoms with Gasteiger partial charge in [0, 0.05) is 18.2 Å². The van der Waals surface area contributed by atoms with Crippen LogP contribution in [0, 0.1) is 10.1 Å². The molecule has 6 heteroatoms. The molecule has 0 heterocycles. The number of benzene rings is 1. The fourth-order valence-corrected chi connectivity index (χ4v) is 1.84. The van der Waals surface area contributed by atoms with Crippen LogP contribution >= 0.6 is 23.2 Å². The smallest absolute Gasteiger partial charge is 0.272 e. The Morgan fingerprint density at radius 3 is 2.27 bits per heavy atom. The maximum absolute atomic E-state index is 10.5. The third kappa shape index (κ3) is 3.06. The zero-order chi connectivity index (χ0) is 11.6. The van der Waals surface area contributed by atoms with E-state index in [2.05, 4.69) is 0 Å². The molecule has 1 unspecified atom stereocenters. The van der Waals surface area contributed by atoms with Gasteiger partial charge in [-0.25, -0.2) is 0 Å². The van der Waals surface area contributed by atoms with Gasteiger partial charge in [0.15, 0.2) is 0 Å². The Labute approximate surface area is 97.1 Å². The lowest BCUT2D eigenvalue weighted by atomic mass is 10.1. The first-order valence-electron chi connectivity index (χ1n) is 4.29. The Hall–Kier alpha value is -0.840. The van der Waals surface area contributed by atoms with Gasteiger partial charge < -0.3 is 5.73 Å². The Kier molecular flexibility index (Phi) is 3.90. The van der Waals surface area contributed by atoms with Crippen molar-refractivity contribution < 1.29 is 4.92 Å². The van der Waals surface area contributed by atoms with Crippen LogP contribution in [-0.2, 0) is 6.42 Å². The van der Waals surface area contributed by atoms with Crippen LogP contribution in [0.25, 0.3) is 0 Å². The second-order valence-electron chi connectivity index (χ2n) is 3.33. The quantitative estimate of drug-likeness (QED) is 0.661. The first-order valence-corrected chi connectivity index (χ1v) is 5.05. The highest BCUT2D eigenvalue weighted by Gasteiger charge is 2.15. The van der Waals surface area contributed by atoms with Crippen molar-refractivity contribution in [3.05, 3.63) is 37.9 Å². The fourth-order valence-electron chi connectivity index (χ4n) is 1.21. The summed E-state index contributed by atoms with van der Waals surface area (Å²) in [4.78, 5) is 9.97. The number of rotatable bonds is 3. The number of nitrogens with zero attached hydrogens (tertiary/aromatic N) is 1. The molecule has 82 valence electrons. The number of hydrogen-bond donors (Lipinski definition) is 1. The number of nitro benzene ring substituents is 1. The van der Waals surface area contributed by atoms with Gasteiger partial charge in [-0.2, -0.15) is 0 Å². The molecule has 1 aromatic rings. The number of nitro groups is 1. The molecule has 4 nitrogen and oxygen atoms in total. The van der Waals surface area contributed by atoms with Crippen LogP contribution in [-0.4, -0.2) is 11.0 Å². The van der Waals surface area contributed by atoms with Gasteiger partial charge >= 0.3 is 0 Å². The third-order valence-corrected chi connectivity index (χ3v) is 2.54. The molecule has 0 bridgehead atoms. The van der Waals surface area contributed by atoms with E-state index in [4.69, 9.17) is 28.9 Å². The van der Waals surface area contributed by atoms with Crippen molar-refractivity contribution >= 4 is 28.9 Å². The lowest BCUT2D eigenvalue weighted by Gasteiger charge is -2.09. The van der Waals surface area contributed by atoms with E-state index in [1.165, 1.54) is 12.1 Å². The average molecular weight is 249 g/mol. The molecule has 0 spiro atoms. The average Bonchev–Trinajstić information content (AvgIpc) is 2.10. The molecule has 0 amide bonds. The SMILES string of the molecule is CC(N)Cc1c(Cl)cc([N+](=O)[O-])cc1Cl. The van der Waals surface area contributed by atoms with E-state index in [9.17, 15) is 10.1 Å². The Balaban J connectivity index is 3.15. The molecular formula is C9H10Cl2N2O2. The van der Waals surface area contributed by atoms with Gasteiger partial charge in [-0.1, -0.05) is 23.2 Å². The van der Waals surface area contributed by atoms with Gasteiger partial charge in [-0.3, -0.25) is 10.1 Å². The molecule has 0 fully saturated rings. The zero-order valence-electron chi connectivity index (χ0n) is 8.04. The van der Waals surface area contributed by atoms with E-state index in [-0.39, 0.29) is 21.8 Å². The van der Waals surface area contributed by atoms with E-state index in [1.807, 2.05) is 6.92 Å². The maximum atomic E-state index is 10.5. The summed E-state index contributed by atoms with van der Waals surface area (Å²) in [5, 5.41) is 11.1. The summed E-state index contributed by atoms with van der Waals surface area (Å²) in [5.41, 5.74) is 6.15. The van der Waals surface area contributed by atoms with Crippen molar-refractivity contribution in [3.63, 3.8) is 0 Å². The van der Waals surface area contributed by atoms with Gasteiger partial charge in [0.05, 0.1) is 15.0 Å². The Morgan fingerprint density at radius 1 is 1.47 bits per heavy atom. The van der Waals surface area contributed by atoms with Gasteiger partial charge in [-0.05, 0) is 18.9 Å². The van der Waals surface area contributed by atoms with Gasteiger partial charge in [0.2, 0.25) is 0 Å². The lowest BCUT2D eigenvalue weighted by molar-refractivity contribution is -0.384. The molecule has 1 atom stereocenters. The Bertz CT molecular complexity index is 371. The van der Waals surface area contributed by atoms with Crippen LogP contribution in [0.4, 0.5) is 5.69 Å². The van der Waals surface area contributed by atoms with E-state index in [0.29, 0.717) is 12.0 Å². The second-order valence-corrected chi connectivity index (χ2v) is 4.14. The summed E-state index contributed by atoms with van der Waals surface area (Å²) >= 11 is 11.8. The normalized spacial score (nSPS) is 12.5. The molecule has 1 rings (SSSR count). The highest BCUT2D eigenvalue weighted by atomic mass is 35.5. The minimum Gasteiger partial charge on any atom is -0.328 e. The molecule has 2 N–H and O–H groups in total. The first-order chi connectivity index (χ1) is 6.91. The van der Waals surface area contributed by atoms with E-state index >= 15 is 0 Å². The highest BCUT2D eigenvalue weighted by molar-refractivity contribution is 6.36. The lowest BCUT2D eigenvalue weighted by Crippen LogP contribution is -2.18. The largest absolute Gasteiger partial charge is 0.328 e. The summed E-state index contributed by atoms with van der Waals surface area (Å²) in [6.07, 6.45) is 0.496. The van der Waals surface area contributed by atoms with Crippen LogP contribution in [0.2, 0.25) is 10.0 Å². The van der Waals surface area contributed by atoms with Crippen molar-refractivity contribution in [3.8, 4) is 0 Å². The molecular weight excluding hydrogens is 239 g/mol. The maximum Gasteiger partial charge on any atom is 0.272 e. The van der Waals surface area contributed by atoms with Crippen molar-refractivity contribution in [1.29, 1.82) is 0 Å². The molecule has 0 radical (unpaired) electrons. The molecule has 0 aliphatic heterocycles. The van der Waals surface area contributed by atoms with Crippen molar-refractivity contribution in [1.82, 2.24) is 0 Å². The van der Waals surface area contributed by atoms with Crippen LogP contribution in [0.3, 0.4) is 0 Å². The molecule has 0 aliphatic carbocycles.